The van der Waals surface area contributed by atoms with Gasteiger partial charge in [-0.15, -0.1) is 0 Å². The second-order valence-electron chi connectivity index (χ2n) is 5.81. The quantitative estimate of drug-likeness (QED) is 0.659. The van der Waals surface area contributed by atoms with Gasteiger partial charge in [0.15, 0.2) is 0 Å². The summed E-state index contributed by atoms with van der Waals surface area (Å²) in [4.78, 5) is 0. The van der Waals surface area contributed by atoms with Crippen LogP contribution in [0.4, 0.5) is 0 Å². The van der Waals surface area contributed by atoms with Crippen molar-refractivity contribution in [1.82, 2.24) is 4.57 Å². The minimum Gasteiger partial charge on any atom is -0.341 e. The van der Waals surface area contributed by atoms with Crippen molar-refractivity contribution in [3.8, 4) is 0 Å². The van der Waals surface area contributed by atoms with Crippen LogP contribution in [0.5, 0.6) is 0 Å². The van der Waals surface area contributed by atoms with Gasteiger partial charge >= 0.3 is 0 Å². The Hall–Kier alpha value is -1.24. The van der Waals surface area contributed by atoms with Gasteiger partial charge in [-0.05, 0) is 42.2 Å². The highest BCUT2D eigenvalue weighted by molar-refractivity contribution is 5.80. The van der Waals surface area contributed by atoms with Crippen LogP contribution < -0.4 is 0 Å². The summed E-state index contributed by atoms with van der Waals surface area (Å²) in [6.45, 7) is 2.42. The van der Waals surface area contributed by atoms with E-state index >= 15 is 0 Å². The van der Waals surface area contributed by atoms with E-state index in [0.29, 0.717) is 11.0 Å². The molecule has 0 spiro atoms. The zero-order valence-corrected chi connectivity index (χ0v) is 9.03. The van der Waals surface area contributed by atoms with Gasteiger partial charge in [0, 0.05) is 17.3 Å². The van der Waals surface area contributed by atoms with E-state index in [1.165, 1.54) is 30.2 Å². The Labute approximate surface area is 89.7 Å². The molecule has 3 fully saturated rings. The summed E-state index contributed by atoms with van der Waals surface area (Å²) in [6, 6.07) is 11.0. The fraction of sp³-hybridized carbons (Fsp3) is 0.429. The summed E-state index contributed by atoms with van der Waals surface area (Å²) in [6.07, 6.45) is 6.44. The molecule has 2 aromatic rings. The molecule has 76 valence electrons. The van der Waals surface area contributed by atoms with E-state index in [2.05, 4.69) is 48.0 Å². The van der Waals surface area contributed by atoms with Gasteiger partial charge < -0.3 is 4.57 Å². The lowest BCUT2D eigenvalue weighted by molar-refractivity contribution is -0.171. The number of para-hydroxylation sites is 1. The number of rotatable bonds is 1. The highest BCUT2D eigenvalue weighted by atomic mass is 15.1. The molecule has 0 atom stereocenters. The number of nitrogens with zero attached hydrogens (tertiary/aromatic N) is 1. The maximum absolute atomic E-state index is 2.52. The van der Waals surface area contributed by atoms with Crippen LogP contribution >= 0.6 is 0 Å². The van der Waals surface area contributed by atoms with E-state index in [-0.39, 0.29) is 0 Å². The number of aromatic nitrogens is 1. The van der Waals surface area contributed by atoms with Crippen molar-refractivity contribution < 1.29 is 0 Å². The van der Waals surface area contributed by atoms with Gasteiger partial charge in [-0.3, -0.25) is 0 Å². The van der Waals surface area contributed by atoms with Gasteiger partial charge in [0.2, 0.25) is 0 Å². The Morgan fingerprint density at radius 3 is 2.53 bits per heavy atom. The lowest BCUT2D eigenvalue weighted by Gasteiger charge is -2.70. The summed E-state index contributed by atoms with van der Waals surface area (Å²) in [5, 5.41) is 1.38. The third-order valence-electron chi connectivity index (χ3n) is 4.38. The molecular weight excluding hydrogens is 182 g/mol. The molecule has 3 saturated carbocycles. The van der Waals surface area contributed by atoms with Crippen LogP contribution in [0.1, 0.15) is 26.2 Å². The maximum atomic E-state index is 2.52. The first-order valence-corrected chi connectivity index (χ1v) is 5.78. The van der Waals surface area contributed by atoms with Gasteiger partial charge in [-0.25, -0.2) is 0 Å². The molecule has 1 heterocycles. The minimum absolute atomic E-state index is 0.498. The Morgan fingerprint density at radius 1 is 1.07 bits per heavy atom. The van der Waals surface area contributed by atoms with Crippen molar-refractivity contribution >= 4 is 10.9 Å². The number of fused-ring (bicyclic) bond motifs is 1. The van der Waals surface area contributed by atoms with Crippen LogP contribution in [-0.2, 0) is 5.54 Å². The molecule has 3 aliphatic rings. The SMILES string of the molecule is CC12CC(n3ccc4ccccc43)(C1)C2. The molecule has 3 aliphatic carbocycles. The predicted octanol–water partition coefficient (Wildman–Crippen LogP) is 3.54. The Balaban J connectivity index is 1.89. The summed E-state index contributed by atoms with van der Waals surface area (Å²) in [5.74, 6) is 0. The molecule has 1 aromatic heterocycles. The standard InChI is InChI=1S/C14H15N/c1-13-8-14(9-13,10-13)15-7-6-11-4-2-3-5-12(11)15/h2-7H,8-10H2,1H3. The fourth-order valence-electron chi connectivity index (χ4n) is 3.98. The smallest absolute Gasteiger partial charge is 0.0485 e. The van der Waals surface area contributed by atoms with Crippen molar-refractivity contribution in [3.63, 3.8) is 0 Å². The van der Waals surface area contributed by atoms with Crippen LogP contribution in [0.25, 0.3) is 10.9 Å². The first kappa shape index (κ1) is 7.98. The Bertz CT molecular complexity index is 529. The number of benzene rings is 1. The van der Waals surface area contributed by atoms with E-state index in [4.69, 9.17) is 0 Å². The molecule has 0 amide bonds. The predicted molar refractivity (Wildman–Crippen MR) is 61.9 cm³/mol. The fourth-order valence-corrected chi connectivity index (χ4v) is 3.98. The zero-order valence-electron chi connectivity index (χ0n) is 9.03. The number of hydrogen-bond donors (Lipinski definition) is 0. The molecule has 0 saturated heterocycles. The van der Waals surface area contributed by atoms with Crippen LogP contribution in [0.15, 0.2) is 36.5 Å². The van der Waals surface area contributed by atoms with Crippen LogP contribution in [-0.4, -0.2) is 4.57 Å². The Morgan fingerprint density at radius 2 is 1.80 bits per heavy atom. The first-order valence-electron chi connectivity index (χ1n) is 5.78. The van der Waals surface area contributed by atoms with Gasteiger partial charge in [-0.2, -0.15) is 0 Å². The van der Waals surface area contributed by atoms with Crippen molar-refractivity contribution in [2.75, 3.05) is 0 Å². The monoisotopic (exact) mass is 197 g/mol. The molecule has 1 heteroatoms. The third-order valence-corrected chi connectivity index (χ3v) is 4.38. The molecule has 0 N–H and O–H groups in total. The summed E-state index contributed by atoms with van der Waals surface area (Å²) in [5.41, 5.74) is 2.60. The largest absolute Gasteiger partial charge is 0.341 e. The molecule has 0 radical (unpaired) electrons. The lowest BCUT2D eigenvalue weighted by Crippen LogP contribution is -2.65. The van der Waals surface area contributed by atoms with E-state index < -0.39 is 0 Å². The van der Waals surface area contributed by atoms with E-state index in [0.717, 1.165) is 0 Å². The molecule has 0 aliphatic heterocycles. The van der Waals surface area contributed by atoms with Gasteiger partial charge in [0.25, 0.3) is 0 Å². The Kier molecular flexibility index (Phi) is 1.13. The normalized spacial score (nSPS) is 37.4. The molecule has 5 rings (SSSR count). The van der Waals surface area contributed by atoms with Crippen molar-refractivity contribution in [2.24, 2.45) is 5.41 Å². The zero-order chi connectivity index (χ0) is 10.1. The average molecular weight is 197 g/mol. The summed E-state index contributed by atoms with van der Waals surface area (Å²) >= 11 is 0. The summed E-state index contributed by atoms with van der Waals surface area (Å²) < 4.78 is 2.52. The van der Waals surface area contributed by atoms with E-state index in [9.17, 15) is 0 Å². The molecule has 0 unspecified atom stereocenters. The summed E-state index contributed by atoms with van der Waals surface area (Å²) in [7, 11) is 0. The highest BCUT2D eigenvalue weighted by Gasteiger charge is 2.66. The topological polar surface area (TPSA) is 4.93 Å². The average Bonchev–Trinajstić information content (AvgIpc) is 2.55. The van der Waals surface area contributed by atoms with Gasteiger partial charge in [0.05, 0.1) is 0 Å². The molecule has 1 aromatic carbocycles. The van der Waals surface area contributed by atoms with Gasteiger partial charge in [0.1, 0.15) is 0 Å². The lowest BCUT2D eigenvalue weighted by atomic mass is 9.40. The highest BCUT2D eigenvalue weighted by Crippen LogP contribution is 2.71. The molecule has 1 nitrogen and oxygen atoms in total. The molecule has 15 heavy (non-hydrogen) atoms. The first-order chi connectivity index (χ1) is 7.21. The van der Waals surface area contributed by atoms with Crippen LogP contribution in [0, 0.1) is 5.41 Å². The van der Waals surface area contributed by atoms with E-state index in [1.54, 1.807) is 0 Å². The minimum atomic E-state index is 0.498. The maximum Gasteiger partial charge on any atom is 0.0485 e. The van der Waals surface area contributed by atoms with Crippen molar-refractivity contribution in [3.05, 3.63) is 36.5 Å². The molecular formula is C14H15N. The number of hydrogen-bond acceptors (Lipinski definition) is 0. The second-order valence-corrected chi connectivity index (χ2v) is 5.81. The molecule has 2 bridgehead atoms. The van der Waals surface area contributed by atoms with Crippen LogP contribution in [0.3, 0.4) is 0 Å². The van der Waals surface area contributed by atoms with Crippen molar-refractivity contribution in [1.29, 1.82) is 0 Å². The van der Waals surface area contributed by atoms with Crippen LogP contribution in [0.2, 0.25) is 0 Å². The van der Waals surface area contributed by atoms with E-state index in [1.807, 2.05) is 0 Å². The van der Waals surface area contributed by atoms with Gasteiger partial charge in [-0.1, -0.05) is 25.1 Å². The van der Waals surface area contributed by atoms with Crippen molar-refractivity contribution in [2.45, 2.75) is 31.7 Å². The second kappa shape index (κ2) is 2.13. The third kappa shape index (κ3) is 0.808.